The van der Waals surface area contributed by atoms with Crippen LogP contribution in [0, 0.1) is 11.8 Å². The van der Waals surface area contributed by atoms with Gasteiger partial charge >= 0.3 is 12.1 Å². The summed E-state index contributed by atoms with van der Waals surface area (Å²) in [5.74, 6) is -1.24. The minimum absolute atomic E-state index is 0.0158. The first-order valence-electron chi connectivity index (χ1n) is 11.4. The lowest BCUT2D eigenvalue weighted by Crippen LogP contribution is -2.40. The van der Waals surface area contributed by atoms with E-state index >= 15 is 0 Å². The van der Waals surface area contributed by atoms with Gasteiger partial charge in [-0.15, -0.1) is 0 Å². The maximum Gasteiger partial charge on any atom is 0.407 e. The predicted octanol–water partition coefficient (Wildman–Crippen LogP) is 4.17. The van der Waals surface area contributed by atoms with Crippen LogP contribution in [0.3, 0.4) is 0 Å². The number of carboxylic acids is 1. The molecule has 2 amide bonds. The Kier molecular flexibility index (Phi) is 8.09. The van der Waals surface area contributed by atoms with Crippen LogP contribution in [0.4, 0.5) is 4.79 Å². The van der Waals surface area contributed by atoms with Crippen LogP contribution in [0.2, 0.25) is 0 Å². The molecule has 0 bridgehead atoms. The molecule has 2 aromatic rings. The molecule has 0 radical (unpaired) electrons. The Balaban J connectivity index is 1.55. The Morgan fingerprint density at radius 1 is 0.970 bits per heavy atom. The molecule has 0 saturated carbocycles. The molecule has 3 rings (SSSR count). The quantitative estimate of drug-likeness (QED) is 0.502. The van der Waals surface area contributed by atoms with Gasteiger partial charge in [-0.25, -0.2) is 4.79 Å². The number of carbonyl (C=O) groups excluding carboxylic acids is 2. The SMILES string of the molecule is CC(C)CC(CNC(=O)OCC1c2ccccc2-c2ccccc21)CC(=O)N[C@H](C)C(=O)O. The van der Waals surface area contributed by atoms with Gasteiger partial charge in [0.25, 0.3) is 0 Å². The number of nitrogens with one attached hydrogen (secondary N) is 2. The number of rotatable bonds is 10. The fourth-order valence-corrected chi connectivity index (χ4v) is 4.41. The Bertz CT molecular complexity index is 958. The lowest BCUT2D eigenvalue weighted by molar-refractivity contribution is -0.141. The number of aliphatic carboxylic acids is 1. The van der Waals surface area contributed by atoms with Crippen LogP contribution in [-0.4, -0.2) is 42.3 Å². The molecule has 7 heteroatoms. The smallest absolute Gasteiger partial charge is 0.407 e. The molecule has 2 aromatic carbocycles. The van der Waals surface area contributed by atoms with Crippen molar-refractivity contribution in [2.75, 3.05) is 13.2 Å². The third-order valence-electron chi connectivity index (χ3n) is 5.91. The molecule has 0 aromatic heterocycles. The zero-order chi connectivity index (χ0) is 24.0. The van der Waals surface area contributed by atoms with Crippen LogP contribution in [0.15, 0.2) is 48.5 Å². The predicted molar refractivity (Wildman–Crippen MR) is 126 cm³/mol. The van der Waals surface area contributed by atoms with E-state index in [4.69, 9.17) is 9.84 Å². The maximum atomic E-state index is 12.5. The summed E-state index contributed by atoms with van der Waals surface area (Å²) in [5.41, 5.74) is 4.63. The second-order valence-corrected chi connectivity index (χ2v) is 9.03. The molecule has 0 fully saturated rings. The summed E-state index contributed by atoms with van der Waals surface area (Å²) in [6.07, 6.45) is 0.336. The molecular weight excluding hydrogens is 420 g/mol. The minimum Gasteiger partial charge on any atom is -0.480 e. The van der Waals surface area contributed by atoms with Crippen molar-refractivity contribution in [2.45, 2.75) is 45.6 Å². The van der Waals surface area contributed by atoms with Crippen molar-refractivity contribution in [3.8, 4) is 11.1 Å². The average molecular weight is 453 g/mol. The minimum atomic E-state index is -1.08. The molecule has 1 aliphatic rings. The highest BCUT2D eigenvalue weighted by molar-refractivity contribution is 5.83. The van der Waals surface area contributed by atoms with Crippen molar-refractivity contribution in [3.63, 3.8) is 0 Å². The van der Waals surface area contributed by atoms with E-state index in [2.05, 4.69) is 34.9 Å². The van der Waals surface area contributed by atoms with E-state index in [1.807, 2.05) is 38.1 Å². The van der Waals surface area contributed by atoms with E-state index in [-0.39, 0.29) is 37.3 Å². The van der Waals surface area contributed by atoms with Gasteiger partial charge in [0.1, 0.15) is 12.6 Å². The van der Waals surface area contributed by atoms with Crippen LogP contribution < -0.4 is 10.6 Å². The summed E-state index contributed by atoms with van der Waals surface area (Å²) in [5, 5.41) is 14.2. The monoisotopic (exact) mass is 452 g/mol. The topological polar surface area (TPSA) is 105 Å². The molecule has 7 nitrogen and oxygen atoms in total. The van der Waals surface area contributed by atoms with Crippen molar-refractivity contribution in [3.05, 3.63) is 59.7 Å². The van der Waals surface area contributed by atoms with Gasteiger partial charge in [0.05, 0.1) is 0 Å². The summed E-state index contributed by atoms with van der Waals surface area (Å²) in [7, 11) is 0. The van der Waals surface area contributed by atoms with E-state index in [1.165, 1.54) is 18.1 Å². The maximum absolute atomic E-state index is 12.5. The fraction of sp³-hybridized carbons (Fsp3) is 0.423. The first kappa shape index (κ1) is 24.3. The van der Waals surface area contributed by atoms with Crippen LogP contribution in [-0.2, 0) is 14.3 Å². The van der Waals surface area contributed by atoms with Gasteiger partial charge in [-0.1, -0.05) is 62.4 Å². The number of carbonyl (C=O) groups is 3. The van der Waals surface area contributed by atoms with Gasteiger partial charge in [-0.05, 0) is 47.4 Å². The molecule has 176 valence electrons. The highest BCUT2D eigenvalue weighted by Crippen LogP contribution is 2.44. The zero-order valence-electron chi connectivity index (χ0n) is 19.3. The summed E-state index contributed by atoms with van der Waals surface area (Å²) < 4.78 is 5.57. The van der Waals surface area contributed by atoms with Crippen molar-refractivity contribution >= 4 is 18.0 Å². The largest absolute Gasteiger partial charge is 0.480 e. The van der Waals surface area contributed by atoms with Crippen molar-refractivity contribution < 1.29 is 24.2 Å². The lowest BCUT2D eigenvalue weighted by Gasteiger charge is -2.20. The number of benzene rings is 2. The highest BCUT2D eigenvalue weighted by atomic mass is 16.5. The molecule has 1 unspecified atom stereocenters. The third-order valence-corrected chi connectivity index (χ3v) is 5.91. The normalized spacial score (nSPS) is 14.2. The van der Waals surface area contributed by atoms with Gasteiger partial charge in [-0.2, -0.15) is 0 Å². The van der Waals surface area contributed by atoms with Crippen molar-refractivity contribution in [2.24, 2.45) is 11.8 Å². The molecule has 2 atom stereocenters. The number of fused-ring (bicyclic) bond motifs is 3. The molecule has 0 saturated heterocycles. The summed E-state index contributed by atoms with van der Waals surface area (Å²) >= 11 is 0. The van der Waals surface area contributed by atoms with E-state index in [1.54, 1.807) is 0 Å². The van der Waals surface area contributed by atoms with Gasteiger partial charge in [0.2, 0.25) is 5.91 Å². The summed E-state index contributed by atoms with van der Waals surface area (Å²) in [4.78, 5) is 35.6. The van der Waals surface area contributed by atoms with E-state index in [9.17, 15) is 14.4 Å². The highest BCUT2D eigenvalue weighted by Gasteiger charge is 2.29. The average Bonchev–Trinajstić information content (AvgIpc) is 3.09. The van der Waals surface area contributed by atoms with E-state index in [0.29, 0.717) is 5.92 Å². The number of ether oxygens (including phenoxy) is 1. The van der Waals surface area contributed by atoms with Crippen molar-refractivity contribution in [1.29, 1.82) is 0 Å². The number of amides is 2. The second kappa shape index (κ2) is 11.0. The number of hydrogen-bond acceptors (Lipinski definition) is 4. The first-order chi connectivity index (χ1) is 15.8. The molecule has 33 heavy (non-hydrogen) atoms. The molecular formula is C26H32N2O5. The van der Waals surface area contributed by atoms with Crippen molar-refractivity contribution in [1.82, 2.24) is 10.6 Å². The van der Waals surface area contributed by atoms with E-state index < -0.39 is 18.1 Å². The Morgan fingerprint density at radius 2 is 1.55 bits per heavy atom. The van der Waals surface area contributed by atoms with Crippen LogP contribution in [0.25, 0.3) is 11.1 Å². The Hall–Kier alpha value is -3.35. The molecule has 0 heterocycles. The lowest BCUT2D eigenvalue weighted by atomic mass is 9.93. The van der Waals surface area contributed by atoms with E-state index in [0.717, 1.165) is 17.5 Å². The Labute approximate surface area is 194 Å². The zero-order valence-corrected chi connectivity index (χ0v) is 19.3. The summed E-state index contributed by atoms with van der Waals surface area (Å²) in [6.45, 7) is 6.01. The van der Waals surface area contributed by atoms with Crippen LogP contribution in [0.5, 0.6) is 0 Å². The molecule has 3 N–H and O–H groups in total. The molecule has 0 aliphatic heterocycles. The molecule has 0 spiro atoms. The second-order valence-electron chi connectivity index (χ2n) is 9.03. The fourth-order valence-electron chi connectivity index (χ4n) is 4.41. The molecule has 1 aliphatic carbocycles. The van der Waals surface area contributed by atoms with Crippen LogP contribution in [0.1, 0.15) is 50.7 Å². The van der Waals surface area contributed by atoms with Gasteiger partial charge < -0.3 is 20.5 Å². The third kappa shape index (κ3) is 6.34. The number of carboxylic acid groups (broad SMARTS) is 1. The Morgan fingerprint density at radius 3 is 2.09 bits per heavy atom. The standard InChI is InChI=1S/C26H32N2O5/c1-16(2)12-18(13-24(29)28-17(3)25(30)31)14-27-26(32)33-15-23-21-10-6-4-8-19(21)20-9-5-7-11-22(20)23/h4-11,16-18,23H,12-15H2,1-3H3,(H,27,32)(H,28,29)(H,30,31)/t17-,18?/m1/s1. The van der Waals surface area contributed by atoms with Gasteiger partial charge in [0.15, 0.2) is 0 Å². The summed E-state index contributed by atoms with van der Waals surface area (Å²) in [6, 6.07) is 15.3. The van der Waals surface area contributed by atoms with Crippen LogP contribution >= 0.6 is 0 Å². The van der Waals surface area contributed by atoms with Gasteiger partial charge in [-0.3, -0.25) is 9.59 Å². The number of hydrogen-bond donors (Lipinski definition) is 3. The van der Waals surface area contributed by atoms with Gasteiger partial charge in [0, 0.05) is 18.9 Å². The first-order valence-corrected chi connectivity index (χ1v) is 11.4. The number of alkyl carbamates (subject to hydrolysis) is 1.